The molecule has 28 heavy (non-hydrogen) atoms. The van der Waals surface area contributed by atoms with Gasteiger partial charge in [0, 0.05) is 13.1 Å². The summed E-state index contributed by atoms with van der Waals surface area (Å²) in [5, 5.41) is 7.22. The van der Waals surface area contributed by atoms with Gasteiger partial charge in [-0.1, -0.05) is 19.8 Å². The zero-order valence-electron chi connectivity index (χ0n) is 16.0. The van der Waals surface area contributed by atoms with Crippen molar-refractivity contribution in [2.24, 2.45) is 5.92 Å². The van der Waals surface area contributed by atoms with Crippen LogP contribution in [0.15, 0.2) is 6.20 Å². The third-order valence-electron chi connectivity index (χ3n) is 4.75. The first-order chi connectivity index (χ1) is 13.1. The molecule has 1 aliphatic rings. The number of aromatic nitrogens is 3. The quantitative estimate of drug-likeness (QED) is 0.760. The highest BCUT2D eigenvalue weighted by Crippen LogP contribution is 2.24. The molecule has 1 saturated heterocycles. The van der Waals surface area contributed by atoms with Crippen molar-refractivity contribution >= 4 is 21.5 Å². The molecule has 2 atom stereocenters. The average molecular weight is 411 g/mol. The molecule has 0 radical (unpaired) electrons. The summed E-state index contributed by atoms with van der Waals surface area (Å²) in [5.74, 6) is 2.20. The fourth-order valence-electron chi connectivity index (χ4n) is 3.36. The summed E-state index contributed by atoms with van der Waals surface area (Å²) in [6, 6.07) is -0.642. The van der Waals surface area contributed by atoms with Crippen molar-refractivity contribution < 1.29 is 17.2 Å². The van der Waals surface area contributed by atoms with Crippen LogP contribution in [0.3, 0.4) is 0 Å². The lowest BCUT2D eigenvalue weighted by atomic mass is 10.1. The number of rotatable bonds is 5. The van der Waals surface area contributed by atoms with Crippen molar-refractivity contribution in [2.75, 3.05) is 24.7 Å². The van der Waals surface area contributed by atoms with Crippen molar-refractivity contribution in [2.45, 2.75) is 38.9 Å². The maximum absolute atomic E-state index is 14.6. The Labute approximate surface area is 163 Å². The topological polar surface area (TPSA) is 79.6 Å². The second kappa shape index (κ2) is 7.64. The zero-order chi connectivity index (χ0) is 20.6. The molecule has 0 spiro atoms. The number of anilines is 1. The minimum absolute atomic E-state index is 0.136. The SMILES string of the molecule is C#Cc1c(F)c2cnc(N[C@@H]3CCN(S(C)(=O)=O)C[C@H]3F)nn2c1CC(C)C. The minimum atomic E-state index is -3.44. The number of nitrogens with one attached hydrogen (secondary N) is 1. The third-order valence-corrected chi connectivity index (χ3v) is 6.02. The molecule has 1 N–H and O–H groups in total. The average Bonchev–Trinajstić information content (AvgIpc) is 2.86. The van der Waals surface area contributed by atoms with Crippen molar-refractivity contribution in [3.8, 4) is 12.3 Å². The molecule has 0 unspecified atom stereocenters. The van der Waals surface area contributed by atoms with E-state index >= 15 is 0 Å². The summed E-state index contributed by atoms with van der Waals surface area (Å²) >= 11 is 0. The van der Waals surface area contributed by atoms with Gasteiger partial charge in [0.25, 0.3) is 0 Å². The smallest absolute Gasteiger partial charge is 0.241 e. The van der Waals surface area contributed by atoms with Crippen LogP contribution in [0.25, 0.3) is 5.52 Å². The highest BCUT2D eigenvalue weighted by molar-refractivity contribution is 7.88. The maximum atomic E-state index is 14.6. The van der Waals surface area contributed by atoms with Crippen LogP contribution >= 0.6 is 0 Å². The Bertz CT molecular complexity index is 1030. The molecule has 1 fully saturated rings. The van der Waals surface area contributed by atoms with Gasteiger partial charge in [0.15, 0.2) is 5.82 Å². The molecule has 152 valence electrons. The number of sulfonamides is 1. The molecule has 0 aromatic carbocycles. The molecule has 2 aromatic heterocycles. The number of hydrogen-bond donors (Lipinski definition) is 1. The second-order valence-electron chi connectivity index (χ2n) is 7.43. The molecular weight excluding hydrogens is 388 g/mol. The van der Waals surface area contributed by atoms with E-state index in [0.29, 0.717) is 12.1 Å². The Morgan fingerprint density at radius 3 is 2.75 bits per heavy atom. The van der Waals surface area contributed by atoms with Crippen LogP contribution in [0.2, 0.25) is 0 Å². The van der Waals surface area contributed by atoms with E-state index in [4.69, 9.17) is 6.42 Å². The molecule has 1 aliphatic heterocycles. The molecule has 0 aliphatic carbocycles. The number of terminal acetylenes is 1. The van der Waals surface area contributed by atoms with Crippen LogP contribution in [-0.4, -0.2) is 58.9 Å². The standard InChI is InChI=1S/C18H23F2N5O2S/c1-5-12-15(8-11(2)3)25-16(17(12)20)9-21-18(23-25)22-14-6-7-24(10-13(14)19)28(4,26)27/h1,9,11,13-14H,6-8,10H2,2-4H3,(H,22,23)/t13-,14-/m1/s1. The number of fused-ring (bicyclic) bond motifs is 1. The van der Waals surface area contributed by atoms with Gasteiger partial charge in [-0.25, -0.2) is 26.7 Å². The molecule has 0 amide bonds. The van der Waals surface area contributed by atoms with Gasteiger partial charge in [-0.05, 0) is 18.8 Å². The summed E-state index contributed by atoms with van der Waals surface area (Å²) in [7, 11) is -3.44. The highest BCUT2D eigenvalue weighted by Gasteiger charge is 2.33. The maximum Gasteiger partial charge on any atom is 0.241 e. The van der Waals surface area contributed by atoms with Gasteiger partial charge in [-0.3, -0.25) is 0 Å². The lowest BCUT2D eigenvalue weighted by Crippen LogP contribution is -2.49. The van der Waals surface area contributed by atoms with E-state index < -0.39 is 28.1 Å². The number of hydrogen-bond acceptors (Lipinski definition) is 5. The van der Waals surface area contributed by atoms with E-state index in [9.17, 15) is 17.2 Å². The number of alkyl halides is 1. The van der Waals surface area contributed by atoms with E-state index in [1.807, 2.05) is 13.8 Å². The molecule has 7 nitrogen and oxygen atoms in total. The van der Waals surface area contributed by atoms with Crippen LogP contribution in [0, 0.1) is 24.1 Å². The largest absolute Gasteiger partial charge is 0.347 e. The molecule has 2 aromatic rings. The number of piperidine rings is 1. The Balaban J connectivity index is 1.88. The van der Waals surface area contributed by atoms with E-state index in [1.165, 1.54) is 10.7 Å². The van der Waals surface area contributed by atoms with Crippen LogP contribution in [0.5, 0.6) is 0 Å². The van der Waals surface area contributed by atoms with Crippen LogP contribution in [-0.2, 0) is 16.4 Å². The van der Waals surface area contributed by atoms with Crippen molar-refractivity contribution in [1.29, 1.82) is 0 Å². The van der Waals surface area contributed by atoms with Gasteiger partial charge in [-0.15, -0.1) is 11.5 Å². The van der Waals surface area contributed by atoms with E-state index in [-0.39, 0.29) is 42.5 Å². The Morgan fingerprint density at radius 2 is 2.18 bits per heavy atom. The third kappa shape index (κ3) is 3.95. The van der Waals surface area contributed by atoms with Gasteiger partial charge >= 0.3 is 0 Å². The van der Waals surface area contributed by atoms with Gasteiger partial charge in [0.05, 0.1) is 29.8 Å². The first-order valence-corrected chi connectivity index (χ1v) is 10.8. The fourth-order valence-corrected chi connectivity index (χ4v) is 4.21. The summed E-state index contributed by atoms with van der Waals surface area (Å²) in [4.78, 5) is 4.08. The van der Waals surface area contributed by atoms with Gasteiger partial charge in [-0.2, -0.15) is 4.31 Å². The molecular formula is C18H23F2N5O2S. The van der Waals surface area contributed by atoms with Crippen molar-refractivity contribution in [3.05, 3.63) is 23.3 Å². The first kappa shape index (κ1) is 20.5. The normalized spacial score (nSPS) is 21.2. The van der Waals surface area contributed by atoms with E-state index in [0.717, 1.165) is 10.6 Å². The highest BCUT2D eigenvalue weighted by atomic mass is 32.2. The Kier molecular flexibility index (Phi) is 5.59. The van der Waals surface area contributed by atoms with Gasteiger partial charge in [0.2, 0.25) is 16.0 Å². The van der Waals surface area contributed by atoms with E-state index in [1.54, 1.807) is 0 Å². The monoisotopic (exact) mass is 411 g/mol. The Morgan fingerprint density at radius 1 is 1.46 bits per heavy atom. The summed E-state index contributed by atoms with van der Waals surface area (Å²) in [6.45, 7) is 3.95. The lowest BCUT2D eigenvalue weighted by Gasteiger charge is -2.33. The fraction of sp³-hybridized carbons (Fsp3) is 0.556. The second-order valence-corrected chi connectivity index (χ2v) is 9.42. The first-order valence-electron chi connectivity index (χ1n) is 9.00. The van der Waals surface area contributed by atoms with Crippen molar-refractivity contribution in [3.63, 3.8) is 0 Å². The number of nitrogens with zero attached hydrogens (tertiary/aromatic N) is 4. The molecule has 0 bridgehead atoms. The summed E-state index contributed by atoms with van der Waals surface area (Å²) in [5.41, 5.74) is 0.891. The molecule has 3 rings (SSSR count). The van der Waals surface area contributed by atoms with Crippen LogP contribution in [0.1, 0.15) is 31.5 Å². The summed E-state index contributed by atoms with van der Waals surface area (Å²) in [6.07, 6.45) is 7.23. The van der Waals surface area contributed by atoms with Gasteiger partial charge < -0.3 is 5.32 Å². The number of halogens is 2. The lowest BCUT2D eigenvalue weighted by molar-refractivity contribution is 0.186. The van der Waals surface area contributed by atoms with Gasteiger partial charge in [0.1, 0.15) is 11.7 Å². The van der Waals surface area contributed by atoms with Crippen LogP contribution in [0.4, 0.5) is 14.7 Å². The minimum Gasteiger partial charge on any atom is -0.347 e. The predicted octanol–water partition coefficient (Wildman–Crippen LogP) is 1.83. The summed E-state index contributed by atoms with van der Waals surface area (Å²) < 4.78 is 54.8. The molecule has 10 heteroatoms. The molecule has 3 heterocycles. The van der Waals surface area contributed by atoms with Crippen LogP contribution < -0.4 is 5.32 Å². The predicted molar refractivity (Wildman–Crippen MR) is 103 cm³/mol. The van der Waals surface area contributed by atoms with Crippen molar-refractivity contribution in [1.82, 2.24) is 18.9 Å². The molecule has 0 saturated carbocycles. The zero-order valence-corrected chi connectivity index (χ0v) is 16.8. The Hall–Kier alpha value is -2.25. The van der Waals surface area contributed by atoms with E-state index in [2.05, 4.69) is 21.3 Å².